The molecule has 0 radical (unpaired) electrons. The lowest BCUT2D eigenvalue weighted by Crippen LogP contribution is -2.30. The largest absolute Gasteiger partial charge is 0.489 e. The van der Waals surface area contributed by atoms with Crippen LogP contribution in [0.15, 0.2) is 18.5 Å². The van der Waals surface area contributed by atoms with Gasteiger partial charge in [-0.3, -0.25) is 4.98 Å². The molecule has 1 aromatic rings. The number of carbonyl (C=O) groups is 1. The van der Waals surface area contributed by atoms with Crippen LogP contribution in [0, 0.1) is 16.7 Å². The Morgan fingerprint density at radius 3 is 2.55 bits per heavy atom. The van der Waals surface area contributed by atoms with Crippen molar-refractivity contribution in [3.05, 3.63) is 24.0 Å². The molecule has 1 atom stereocenters. The molecule has 0 saturated heterocycles. The molecule has 0 bridgehead atoms. The van der Waals surface area contributed by atoms with E-state index in [1.807, 2.05) is 13.8 Å². The quantitative estimate of drug-likeness (QED) is 0.773. The second kappa shape index (κ2) is 6.38. The minimum Gasteiger partial charge on any atom is -0.489 e. The van der Waals surface area contributed by atoms with E-state index in [1.165, 1.54) is 6.20 Å². The number of nitriles is 1. The van der Waals surface area contributed by atoms with E-state index < -0.39 is 17.5 Å². The Hall–Kier alpha value is -2.09. The predicted octanol–water partition coefficient (Wildman–Crippen LogP) is 2.96. The zero-order valence-electron chi connectivity index (χ0n) is 12.5. The molecular formula is C15H20N2O3. The molecule has 1 aromatic heterocycles. The van der Waals surface area contributed by atoms with Crippen LogP contribution in [0.2, 0.25) is 0 Å². The maximum Gasteiger partial charge on any atom is 0.340 e. The van der Waals surface area contributed by atoms with E-state index in [9.17, 15) is 4.79 Å². The van der Waals surface area contributed by atoms with Crippen molar-refractivity contribution in [3.63, 3.8) is 0 Å². The Labute approximate surface area is 119 Å². The van der Waals surface area contributed by atoms with Gasteiger partial charge in [0.2, 0.25) is 0 Å². The summed E-state index contributed by atoms with van der Waals surface area (Å²) in [5, 5.41) is 9.02. The third-order valence-electron chi connectivity index (χ3n) is 2.91. The van der Waals surface area contributed by atoms with Crippen molar-refractivity contribution in [2.45, 2.75) is 46.8 Å². The summed E-state index contributed by atoms with van der Waals surface area (Å²) in [4.78, 5) is 16.0. The topological polar surface area (TPSA) is 72.2 Å². The third-order valence-corrected chi connectivity index (χ3v) is 2.91. The van der Waals surface area contributed by atoms with Crippen LogP contribution in [0.4, 0.5) is 0 Å². The van der Waals surface area contributed by atoms with Crippen molar-refractivity contribution in [1.29, 1.82) is 5.26 Å². The maximum atomic E-state index is 12.0. The SMILES string of the molecule is CC(C)Oc1cncc(C(=O)OC(C)C(C)(C)C#N)c1. The fourth-order valence-electron chi connectivity index (χ4n) is 1.33. The van der Waals surface area contributed by atoms with Crippen LogP contribution < -0.4 is 4.74 Å². The number of rotatable bonds is 5. The molecule has 0 aliphatic rings. The molecule has 1 heterocycles. The normalized spacial score (nSPS) is 12.7. The van der Waals surface area contributed by atoms with E-state index in [2.05, 4.69) is 11.1 Å². The molecular weight excluding hydrogens is 256 g/mol. The minimum absolute atomic E-state index is 0.000448. The highest BCUT2D eigenvalue weighted by atomic mass is 16.5. The van der Waals surface area contributed by atoms with E-state index in [0.717, 1.165) is 0 Å². The Morgan fingerprint density at radius 2 is 2.00 bits per heavy atom. The van der Waals surface area contributed by atoms with Crippen LogP contribution in [0.1, 0.15) is 45.0 Å². The Balaban J connectivity index is 2.81. The van der Waals surface area contributed by atoms with Crippen LogP contribution in [0.3, 0.4) is 0 Å². The number of hydrogen-bond donors (Lipinski definition) is 0. The molecule has 0 N–H and O–H groups in total. The van der Waals surface area contributed by atoms with Gasteiger partial charge in [-0.2, -0.15) is 5.26 Å². The Bertz CT molecular complexity index is 518. The molecule has 0 spiro atoms. The average Bonchev–Trinajstić information content (AvgIpc) is 2.38. The van der Waals surface area contributed by atoms with E-state index >= 15 is 0 Å². The first kappa shape index (κ1) is 16.0. The molecule has 1 unspecified atom stereocenters. The van der Waals surface area contributed by atoms with Gasteiger partial charge in [-0.15, -0.1) is 0 Å². The standard InChI is InChI=1S/C15H20N2O3/c1-10(2)19-13-6-12(7-17-8-13)14(18)20-11(3)15(4,5)9-16/h6-8,10-11H,1-5H3. The smallest absolute Gasteiger partial charge is 0.340 e. The van der Waals surface area contributed by atoms with Crippen molar-refractivity contribution >= 4 is 5.97 Å². The fourth-order valence-corrected chi connectivity index (χ4v) is 1.33. The molecule has 108 valence electrons. The van der Waals surface area contributed by atoms with Crippen LogP contribution in [0.5, 0.6) is 5.75 Å². The van der Waals surface area contributed by atoms with Gasteiger partial charge in [-0.25, -0.2) is 4.79 Å². The van der Waals surface area contributed by atoms with Gasteiger partial charge in [-0.1, -0.05) is 0 Å². The summed E-state index contributed by atoms with van der Waals surface area (Å²) in [6.07, 6.45) is 2.44. The van der Waals surface area contributed by atoms with Crippen LogP contribution in [0.25, 0.3) is 0 Å². The molecule has 0 aromatic carbocycles. The summed E-state index contributed by atoms with van der Waals surface area (Å²) in [7, 11) is 0. The number of nitrogens with zero attached hydrogens (tertiary/aromatic N) is 2. The highest BCUT2D eigenvalue weighted by Gasteiger charge is 2.29. The van der Waals surface area contributed by atoms with Crippen LogP contribution in [-0.4, -0.2) is 23.2 Å². The van der Waals surface area contributed by atoms with Gasteiger partial charge in [0.15, 0.2) is 0 Å². The second-order valence-electron chi connectivity index (χ2n) is 5.46. The molecule has 0 aliphatic carbocycles. The molecule has 0 saturated carbocycles. The minimum atomic E-state index is -0.741. The highest BCUT2D eigenvalue weighted by Crippen LogP contribution is 2.23. The number of ether oxygens (including phenoxy) is 2. The van der Waals surface area contributed by atoms with Crippen LogP contribution >= 0.6 is 0 Å². The highest BCUT2D eigenvalue weighted by molar-refractivity contribution is 5.89. The van der Waals surface area contributed by atoms with Gasteiger partial charge in [0, 0.05) is 6.20 Å². The van der Waals surface area contributed by atoms with Crippen molar-refractivity contribution in [2.75, 3.05) is 0 Å². The summed E-state index contributed by atoms with van der Waals surface area (Å²) in [5.41, 5.74) is -0.432. The third kappa shape index (κ3) is 4.23. The first-order chi connectivity index (χ1) is 9.26. The van der Waals surface area contributed by atoms with Crippen molar-refractivity contribution in [3.8, 4) is 11.8 Å². The second-order valence-corrected chi connectivity index (χ2v) is 5.46. The Morgan fingerprint density at radius 1 is 1.35 bits per heavy atom. The molecule has 1 rings (SSSR count). The zero-order valence-corrected chi connectivity index (χ0v) is 12.5. The number of pyridine rings is 1. The predicted molar refractivity (Wildman–Crippen MR) is 74.3 cm³/mol. The first-order valence-corrected chi connectivity index (χ1v) is 6.50. The van der Waals surface area contributed by atoms with Crippen molar-refractivity contribution < 1.29 is 14.3 Å². The number of carbonyl (C=O) groups excluding carboxylic acids is 1. The fraction of sp³-hybridized carbons (Fsp3) is 0.533. The maximum absolute atomic E-state index is 12.0. The molecule has 0 aliphatic heterocycles. The lowest BCUT2D eigenvalue weighted by atomic mass is 9.89. The summed E-state index contributed by atoms with van der Waals surface area (Å²) in [5.74, 6) is 0.00387. The summed E-state index contributed by atoms with van der Waals surface area (Å²) >= 11 is 0. The van der Waals surface area contributed by atoms with Crippen LogP contribution in [-0.2, 0) is 4.74 Å². The molecule has 0 fully saturated rings. The molecule has 20 heavy (non-hydrogen) atoms. The van der Waals surface area contributed by atoms with Gasteiger partial charge in [0.1, 0.15) is 11.9 Å². The summed E-state index contributed by atoms with van der Waals surface area (Å²) < 4.78 is 10.8. The lowest BCUT2D eigenvalue weighted by molar-refractivity contribution is 0.0128. The van der Waals surface area contributed by atoms with Gasteiger partial charge in [0.05, 0.1) is 29.3 Å². The van der Waals surface area contributed by atoms with E-state index in [1.54, 1.807) is 33.0 Å². The van der Waals surface area contributed by atoms with E-state index in [-0.39, 0.29) is 6.10 Å². The van der Waals surface area contributed by atoms with Gasteiger partial charge >= 0.3 is 5.97 Å². The van der Waals surface area contributed by atoms with E-state index in [0.29, 0.717) is 11.3 Å². The first-order valence-electron chi connectivity index (χ1n) is 6.50. The number of hydrogen-bond acceptors (Lipinski definition) is 5. The summed E-state index contributed by atoms with van der Waals surface area (Å²) in [6.45, 7) is 8.93. The molecule has 5 heteroatoms. The van der Waals surface area contributed by atoms with Gasteiger partial charge in [0.25, 0.3) is 0 Å². The Kier molecular flexibility index (Phi) is 5.09. The van der Waals surface area contributed by atoms with Crippen molar-refractivity contribution in [1.82, 2.24) is 4.98 Å². The summed E-state index contributed by atoms with van der Waals surface area (Å²) in [6, 6.07) is 3.70. The molecule has 0 amide bonds. The monoisotopic (exact) mass is 276 g/mol. The average molecular weight is 276 g/mol. The number of esters is 1. The van der Waals surface area contributed by atoms with Crippen molar-refractivity contribution in [2.24, 2.45) is 5.41 Å². The van der Waals surface area contributed by atoms with E-state index in [4.69, 9.17) is 14.7 Å². The van der Waals surface area contributed by atoms with Gasteiger partial charge < -0.3 is 9.47 Å². The zero-order chi connectivity index (χ0) is 15.3. The number of aromatic nitrogens is 1. The lowest BCUT2D eigenvalue weighted by Gasteiger charge is -2.24. The molecule has 5 nitrogen and oxygen atoms in total. The van der Waals surface area contributed by atoms with Gasteiger partial charge in [-0.05, 0) is 40.7 Å².